The molecule has 0 bridgehead atoms. The number of rotatable bonds is 5. The summed E-state index contributed by atoms with van der Waals surface area (Å²) in [6.45, 7) is 7.40. The number of carbonyl (C=O) groups is 2. The summed E-state index contributed by atoms with van der Waals surface area (Å²) in [6, 6.07) is 6.60. The van der Waals surface area contributed by atoms with Crippen molar-refractivity contribution in [2.75, 3.05) is 0 Å². The van der Waals surface area contributed by atoms with E-state index in [0.29, 0.717) is 6.42 Å². The number of esters is 2. The van der Waals surface area contributed by atoms with E-state index >= 15 is 0 Å². The Bertz CT molecular complexity index is 449. The van der Waals surface area contributed by atoms with Crippen molar-refractivity contribution in [3.8, 4) is 5.75 Å². The highest BCUT2D eigenvalue weighted by Gasteiger charge is 2.17. The Hall–Kier alpha value is -1.84. The summed E-state index contributed by atoms with van der Waals surface area (Å²) in [5.41, 5.74) is 0.272. The lowest BCUT2D eigenvalue weighted by Crippen LogP contribution is -2.16. The van der Waals surface area contributed by atoms with E-state index in [9.17, 15) is 9.59 Å². The molecule has 1 aromatic rings. The van der Waals surface area contributed by atoms with Crippen LogP contribution in [0, 0.1) is 5.92 Å². The van der Waals surface area contributed by atoms with Crippen LogP contribution in [0.4, 0.5) is 0 Å². The van der Waals surface area contributed by atoms with Crippen LogP contribution in [0.3, 0.4) is 0 Å². The first-order valence-corrected chi connectivity index (χ1v) is 6.40. The SMILES string of the molecule is CC(C)CC(=O)Oc1ccccc1C(=O)OC(C)C. The first kappa shape index (κ1) is 15.2. The molecule has 0 aliphatic rings. The molecule has 104 valence electrons. The van der Waals surface area contributed by atoms with E-state index in [1.54, 1.807) is 38.1 Å². The highest BCUT2D eigenvalue weighted by atomic mass is 16.6. The molecular weight excluding hydrogens is 244 g/mol. The van der Waals surface area contributed by atoms with Crippen LogP contribution in [0.25, 0.3) is 0 Å². The van der Waals surface area contributed by atoms with Gasteiger partial charge in [-0.15, -0.1) is 0 Å². The Morgan fingerprint density at radius 3 is 2.32 bits per heavy atom. The lowest BCUT2D eigenvalue weighted by atomic mass is 10.1. The molecule has 0 fully saturated rings. The molecule has 4 heteroatoms. The van der Waals surface area contributed by atoms with Crippen molar-refractivity contribution in [3.63, 3.8) is 0 Å². The minimum absolute atomic E-state index is 0.210. The third kappa shape index (κ3) is 5.12. The van der Waals surface area contributed by atoms with Gasteiger partial charge in [0.25, 0.3) is 0 Å². The van der Waals surface area contributed by atoms with Gasteiger partial charge in [0.05, 0.1) is 6.10 Å². The average molecular weight is 264 g/mol. The van der Waals surface area contributed by atoms with Gasteiger partial charge in [0.15, 0.2) is 0 Å². The molecule has 0 unspecified atom stereocenters. The Kier molecular flexibility index (Phi) is 5.55. The number of benzene rings is 1. The Morgan fingerprint density at radius 1 is 1.11 bits per heavy atom. The normalized spacial score (nSPS) is 10.6. The molecular formula is C15H20O4. The molecule has 0 atom stereocenters. The molecule has 0 aliphatic heterocycles. The second kappa shape index (κ2) is 6.92. The van der Waals surface area contributed by atoms with Gasteiger partial charge in [-0.1, -0.05) is 26.0 Å². The van der Waals surface area contributed by atoms with Gasteiger partial charge in [0.2, 0.25) is 0 Å². The highest BCUT2D eigenvalue weighted by molar-refractivity contribution is 5.93. The second-order valence-electron chi connectivity index (χ2n) is 5.02. The van der Waals surface area contributed by atoms with E-state index in [2.05, 4.69) is 0 Å². The lowest BCUT2D eigenvalue weighted by molar-refractivity contribution is -0.135. The van der Waals surface area contributed by atoms with Crippen molar-refractivity contribution in [1.82, 2.24) is 0 Å². The average Bonchev–Trinajstić information content (AvgIpc) is 2.27. The molecule has 0 saturated heterocycles. The van der Waals surface area contributed by atoms with Crippen LogP contribution in [0.5, 0.6) is 5.75 Å². The molecule has 1 rings (SSSR count). The van der Waals surface area contributed by atoms with Crippen LogP contribution in [0.2, 0.25) is 0 Å². The predicted octanol–water partition coefficient (Wildman–Crippen LogP) is 3.20. The third-order valence-electron chi connectivity index (χ3n) is 2.25. The van der Waals surface area contributed by atoms with E-state index < -0.39 is 5.97 Å². The molecule has 0 heterocycles. The fourth-order valence-corrected chi connectivity index (χ4v) is 1.50. The summed E-state index contributed by atoms with van der Waals surface area (Å²) >= 11 is 0. The molecule has 0 radical (unpaired) electrons. The second-order valence-corrected chi connectivity index (χ2v) is 5.02. The quantitative estimate of drug-likeness (QED) is 0.605. The minimum Gasteiger partial charge on any atom is -0.459 e. The van der Waals surface area contributed by atoms with Crippen molar-refractivity contribution in [3.05, 3.63) is 29.8 Å². The van der Waals surface area contributed by atoms with Gasteiger partial charge < -0.3 is 9.47 Å². The minimum atomic E-state index is -0.483. The highest BCUT2D eigenvalue weighted by Crippen LogP contribution is 2.20. The standard InChI is InChI=1S/C15H20O4/c1-10(2)9-14(16)19-13-8-6-5-7-12(13)15(17)18-11(3)4/h5-8,10-11H,9H2,1-4H3. The van der Waals surface area contributed by atoms with Crippen LogP contribution in [0.1, 0.15) is 44.5 Å². The summed E-state index contributed by atoms with van der Waals surface area (Å²) in [5.74, 6) is -0.371. The zero-order valence-corrected chi connectivity index (χ0v) is 11.8. The molecule has 0 aliphatic carbocycles. The molecule has 1 aromatic carbocycles. The first-order chi connectivity index (χ1) is 8.90. The van der Waals surface area contributed by atoms with Crippen LogP contribution in [-0.4, -0.2) is 18.0 Å². The van der Waals surface area contributed by atoms with E-state index in [-0.39, 0.29) is 29.3 Å². The maximum absolute atomic E-state index is 11.9. The fourth-order valence-electron chi connectivity index (χ4n) is 1.50. The van der Waals surface area contributed by atoms with Gasteiger partial charge in [-0.05, 0) is 31.9 Å². The molecule has 0 spiro atoms. The maximum Gasteiger partial charge on any atom is 0.342 e. The predicted molar refractivity (Wildman–Crippen MR) is 72.1 cm³/mol. The summed E-state index contributed by atoms with van der Waals surface area (Å²) in [7, 11) is 0. The monoisotopic (exact) mass is 264 g/mol. The number of ether oxygens (including phenoxy) is 2. The number of carbonyl (C=O) groups excluding carboxylic acids is 2. The van der Waals surface area contributed by atoms with E-state index in [1.165, 1.54) is 0 Å². The smallest absolute Gasteiger partial charge is 0.342 e. The summed E-state index contributed by atoms with van der Waals surface area (Å²) < 4.78 is 10.3. The van der Waals surface area contributed by atoms with E-state index in [1.807, 2.05) is 13.8 Å². The van der Waals surface area contributed by atoms with Crippen molar-refractivity contribution < 1.29 is 19.1 Å². The van der Waals surface area contributed by atoms with E-state index in [4.69, 9.17) is 9.47 Å². The van der Waals surface area contributed by atoms with Gasteiger partial charge in [0.1, 0.15) is 11.3 Å². The fraction of sp³-hybridized carbons (Fsp3) is 0.467. The Balaban J connectivity index is 2.84. The van der Waals surface area contributed by atoms with Crippen LogP contribution < -0.4 is 4.74 Å². The van der Waals surface area contributed by atoms with Gasteiger partial charge in [-0.25, -0.2) is 4.79 Å². The number of hydrogen-bond donors (Lipinski definition) is 0. The topological polar surface area (TPSA) is 52.6 Å². The first-order valence-electron chi connectivity index (χ1n) is 6.40. The largest absolute Gasteiger partial charge is 0.459 e. The maximum atomic E-state index is 11.9. The van der Waals surface area contributed by atoms with Crippen LogP contribution in [-0.2, 0) is 9.53 Å². The molecule has 4 nitrogen and oxygen atoms in total. The molecule has 0 amide bonds. The number of para-hydroxylation sites is 1. The zero-order chi connectivity index (χ0) is 14.4. The molecule has 0 N–H and O–H groups in total. The third-order valence-corrected chi connectivity index (χ3v) is 2.25. The Morgan fingerprint density at radius 2 is 1.74 bits per heavy atom. The van der Waals surface area contributed by atoms with Crippen molar-refractivity contribution in [2.24, 2.45) is 5.92 Å². The van der Waals surface area contributed by atoms with Gasteiger partial charge >= 0.3 is 11.9 Å². The van der Waals surface area contributed by atoms with Crippen molar-refractivity contribution in [1.29, 1.82) is 0 Å². The van der Waals surface area contributed by atoms with Crippen LogP contribution in [0.15, 0.2) is 24.3 Å². The number of hydrogen-bond acceptors (Lipinski definition) is 4. The zero-order valence-electron chi connectivity index (χ0n) is 11.8. The lowest BCUT2D eigenvalue weighted by Gasteiger charge is -2.12. The van der Waals surface area contributed by atoms with Gasteiger partial charge in [-0.2, -0.15) is 0 Å². The van der Waals surface area contributed by atoms with Crippen LogP contribution >= 0.6 is 0 Å². The van der Waals surface area contributed by atoms with Gasteiger partial charge in [-0.3, -0.25) is 4.79 Å². The summed E-state index contributed by atoms with van der Waals surface area (Å²) in [6.07, 6.45) is 0.0972. The van der Waals surface area contributed by atoms with Gasteiger partial charge in [0, 0.05) is 6.42 Å². The van der Waals surface area contributed by atoms with E-state index in [0.717, 1.165) is 0 Å². The summed E-state index contributed by atoms with van der Waals surface area (Å²) in [4.78, 5) is 23.5. The molecule has 0 saturated carbocycles. The Labute approximate surface area is 113 Å². The van der Waals surface area contributed by atoms with Crippen molar-refractivity contribution in [2.45, 2.75) is 40.2 Å². The molecule has 0 aromatic heterocycles. The molecule has 19 heavy (non-hydrogen) atoms. The van der Waals surface area contributed by atoms with Crippen molar-refractivity contribution >= 4 is 11.9 Å². The summed E-state index contributed by atoms with van der Waals surface area (Å²) in [5, 5.41) is 0.